The van der Waals surface area contributed by atoms with Gasteiger partial charge in [-0.05, 0) is 26.0 Å². The quantitative estimate of drug-likeness (QED) is 0.670. The van der Waals surface area contributed by atoms with Crippen LogP contribution in [0.25, 0.3) is 0 Å². The van der Waals surface area contributed by atoms with Gasteiger partial charge in [0.2, 0.25) is 0 Å². The van der Waals surface area contributed by atoms with Crippen LogP contribution in [0.3, 0.4) is 0 Å². The number of nitrogens with zero attached hydrogens (tertiary/aromatic N) is 2. The van der Waals surface area contributed by atoms with Crippen LogP contribution in [-0.2, 0) is 6.54 Å². The Balaban J connectivity index is 2.11. The van der Waals surface area contributed by atoms with E-state index in [1.807, 2.05) is 11.9 Å². The summed E-state index contributed by atoms with van der Waals surface area (Å²) in [5.74, 6) is 0. The van der Waals surface area contributed by atoms with Gasteiger partial charge in [-0.15, -0.1) is 0 Å². The highest BCUT2D eigenvalue weighted by atomic mass is 35.5. The molecule has 20 heavy (non-hydrogen) atoms. The van der Waals surface area contributed by atoms with Gasteiger partial charge in [0.25, 0.3) is 5.69 Å². The fourth-order valence-electron chi connectivity index (χ4n) is 2.89. The molecule has 1 saturated carbocycles. The lowest BCUT2D eigenvalue weighted by Gasteiger charge is -2.28. The molecule has 0 unspecified atom stereocenters. The molecule has 6 heteroatoms. The number of benzene rings is 1. The second-order valence-corrected chi connectivity index (χ2v) is 6.01. The first-order valence-corrected chi connectivity index (χ1v) is 7.12. The molecule has 0 aliphatic heterocycles. The van der Waals surface area contributed by atoms with Crippen molar-refractivity contribution in [2.24, 2.45) is 0 Å². The maximum atomic E-state index is 11.0. The Morgan fingerprint density at radius 2 is 2.10 bits per heavy atom. The van der Waals surface area contributed by atoms with E-state index in [1.54, 1.807) is 12.1 Å². The molecule has 1 aromatic carbocycles. The molecule has 0 aromatic heterocycles. The zero-order valence-corrected chi connectivity index (χ0v) is 12.3. The first-order chi connectivity index (χ1) is 9.41. The van der Waals surface area contributed by atoms with Crippen LogP contribution in [0.4, 0.5) is 5.69 Å². The van der Waals surface area contributed by atoms with E-state index in [2.05, 4.69) is 0 Å². The van der Waals surface area contributed by atoms with Gasteiger partial charge >= 0.3 is 0 Å². The van der Waals surface area contributed by atoms with Crippen LogP contribution in [-0.4, -0.2) is 34.1 Å². The number of hydrogen-bond donors (Lipinski definition) is 1. The standard InChI is InChI=1S/C14H19ClN2O3/c1-16(10-14(18)7-2-3-8-14)9-11-12(15)5-4-6-13(11)17(19)20/h4-6,18H,2-3,7-10H2,1H3. The Hall–Kier alpha value is -1.17. The molecule has 0 heterocycles. The monoisotopic (exact) mass is 298 g/mol. The van der Waals surface area contributed by atoms with Crippen molar-refractivity contribution in [3.8, 4) is 0 Å². The van der Waals surface area contributed by atoms with Crippen LogP contribution in [0.1, 0.15) is 31.2 Å². The summed E-state index contributed by atoms with van der Waals surface area (Å²) in [6, 6.07) is 4.69. The van der Waals surface area contributed by atoms with Gasteiger partial charge in [-0.2, -0.15) is 0 Å². The van der Waals surface area contributed by atoms with Crippen LogP contribution >= 0.6 is 11.6 Å². The SMILES string of the molecule is CN(Cc1c(Cl)cccc1[N+](=O)[O-])CC1(O)CCCC1. The smallest absolute Gasteiger partial charge is 0.275 e. The van der Waals surface area contributed by atoms with E-state index in [4.69, 9.17) is 11.6 Å². The van der Waals surface area contributed by atoms with Crippen molar-refractivity contribution in [2.45, 2.75) is 37.8 Å². The number of nitro benzene ring substituents is 1. The summed E-state index contributed by atoms with van der Waals surface area (Å²) in [4.78, 5) is 12.5. The predicted molar refractivity (Wildman–Crippen MR) is 77.9 cm³/mol. The van der Waals surface area contributed by atoms with Crippen LogP contribution in [0.15, 0.2) is 18.2 Å². The molecule has 0 radical (unpaired) electrons. The first-order valence-electron chi connectivity index (χ1n) is 6.74. The summed E-state index contributed by atoms with van der Waals surface area (Å²) in [7, 11) is 1.85. The second kappa shape index (κ2) is 6.08. The van der Waals surface area contributed by atoms with E-state index in [0.717, 1.165) is 25.7 Å². The number of nitro groups is 1. The summed E-state index contributed by atoms with van der Waals surface area (Å²) in [5, 5.41) is 21.8. The average Bonchev–Trinajstić information content (AvgIpc) is 2.77. The van der Waals surface area contributed by atoms with Crippen LogP contribution in [0.2, 0.25) is 5.02 Å². The lowest BCUT2D eigenvalue weighted by Crippen LogP contribution is -2.38. The van der Waals surface area contributed by atoms with Crippen LogP contribution in [0, 0.1) is 10.1 Å². The molecule has 0 spiro atoms. The maximum absolute atomic E-state index is 11.0. The Kier molecular flexibility index (Phi) is 4.62. The van der Waals surface area contributed by atoms with Crippen LogP contribution < -0.4 is 0 Å². The van der Waals surface area contributed by atoms with Crippen molar-refractivity contribution in [1.29, 1.82) is 0 Å². The first kappa shape index (κ1) is 15.2. The molecule has 1 aliphatic carbocycles. The Morgan fingerprint density at radius 3 is 2.70 bits per heavy atom. The van der Waals surface area contributed by atoms with E-state index in [9.17, 15) is 15.2 Å². The van der Waals surface area contributed by atoms with Gasteiger partial charge in [-0.25, -0.2) is 0 Å². The normalized spacial score (nSPS) is 17.6. The molecule has 1 fully saturated rings. The average molecular weight is 299 g/mol. The number of hydrogen-bond acceptors (Lipinski definition) is 4. The molecule has 0 saturated heterocycles. The summed E-state index contributed by atoms with van der Waals surface area (Å²) >= 11 is 6.08. The topological polar surface area (TPSA) is 66.6 Å². The summed E-state index contributed by atoms with van der Waals surface area (Å²) in [5.41, 5.74) is -0.129. The molecule has 5 nitrogen and oxygen atoms in total. The van der Waals surface area contributed by atoms with Crippen molar-refractivity contribution in [1.82, 2.24) is 4.90 Å². The van der Waals surface area contributed by atoms with Gasteiger partial charge in [0, 0.05) is 19.2 Å². The fourth-order valence-corrected chi connectivity index (χ4v) is 3.12. The third-order valence-corrected chi connectivity index (χ3v) is 4.17. The van der Waals surface area contributed by atoms with Crippen molar-refractivity contribution in [3.05, 3.63) is 38.9 Å². The molecular formula is C14H19ClN2O3. The minimum atomic E-state index is -0.662. The minimum absolute atomic E-state index is 0.0303. The molecule has 0 bridgehead atoms. The fraction of sp³-hybridized carbons (Fsp3) is 0.571. The highest BCUT2D eigenvalue weighted by Gasteiger charge is 2.32. The van der Waals surface area contributed by atoms with Crippen molar-refractivity contribution in [2.75, 3.05) is 13.6 Å². The lowest BCUT2D eigenvalue weighted by molar-refractivity contribution is -0.385. The summed E-state index contributed by atoms with van der Waals surface area (Å²) in [6.07, 6.45) is 3.66. The van der Waals surface area contributed by atoms with E-state index >= 15 is 0 Å². The number of aliphatic hydroxyl groups is 1. The van der Waals surface area contributed by atoms with Gasteiger partial charge < -0.3 is 5.11 Å². The van der Waals surface area contributed by atoms with Gasteiger partial charge in [-0.3, -0.25) is 15.0 Å². The number of likely N-dealkylation sites (N-methyl/N-ethyl adjacent to an activating group) is 1. The van der Waals surface area contributed by atoms with E-state index in [-0.39, 0.29) is 5.69 Å². The highest BCUT2D eigenvalue weighted by Crippen LogP contribution is 2.32. The molecule has 1 aliphatic rings. The summed E-state index contributed by atoms with van der Waals surface area (Å²) in [6.45, 7) is 0.869. The van der Waals surface area contributed by atoms with Crippen LogP contribution in [0.5, 0.6) is 0 Å². The number of halogens is 1. The summed E-state index contributed by atoms with van der Waals surface area (Å²) < 4.78 is 0. The molecule has 2 rings (SSSR count). The zero-order chi connectivity index (χ0) is 14.8. The third-order valence-electron chi connectivity index (χ3n) is 3.82. The Bertz CT molecular complexity index is 501. The van der Waals surface area contributed by atoms with Gasteiger partial charge in [-0.1, -0.05) is 30.5 Å². The highest BCUT2D eigenvalue weighted by molar-refractivity contribution is 6.31. The third kappa shape index (κ3) is 3.48. The molecule has 110 valence electrons. The largest absolute Gasteiger partial charge is 0.389 e. The van der Waals surface area contributed by atoms with Crippen molar-refractivity contribution >= 4 is 17.3 Å². The predicted octanol–water partition coefficient (Wildman–Crippen LogP) is 2.99. The van der Waals surface area contributed by atoms with E-state index in [0.29, 0.717) is 23.7 Å². The minimum Gasteiger partial charge on any atom is -0.389 e. The maximum Gasteiger partial charge on any atom is 0.275 e. The Labute approximate surface area is 123 Å². The van der Waals surface area contributed by atoms with Crippen molar-refractivity contribution in [3.63, 3.8) is 0 Å². The Morgan fingerprint density at radius 1 is 1.45 bits per heavy atom. The molecule has 0 amide bonds. The lowest BCUT2D eigenvalue weighted by atomic mass is 10.0. The van der Waals surface area contributed by atoms with E-state index in [1.165, 1.54) is 6.07 Å². The second-order valence-electron chi connectivity index (χ2n) is 5.60. The molecule has 1 N–H and O–H groups in total. The van der Waals surface area contributed by atoms with E-state index < -0.39 is 10.5 Å². The van der Waals surface area contributed by atoms with Crippen molar-refractivity contribution < 1.29 is 10.0 Å². The molecule has 0 atom stereocenters. The van der Waals surface area contributed by atoms with Gasteiger partial charge in [0.05, 0.1) is 21.1 Å². The van der Waals surface area contributed by atoms with Gasteiger partial charge in [0.15, 0.2) is 0 Å². The molecular weight excluding hydrogens is 280 g/mol. The molecule has 1 aromatic rings. The zero-order valence-electron chi connectivity index (χ0n) is 11.5. The van der Waals surface area contributed by atoms with Gasteiger partial charge in [0.1, 0.15) is 0 Å². The number of rotatable bonds is 5.